The molecular formula is C25H29N3O3. The quantitative estimate of drug-likeness (QED) is 0.557. The van der Waals surface area contributed by atoms with Gasteiger partial charge in [0, 0.05) is 31.9 Å². The van der Waals surface area contributed by atoms with Crippen molar-refractivity contribution in [3.63, 3.8) is 0 Å². The molecule has 1 atom stereocenters. The van der Waals surface area contributed by atoms with E-state index < -0.39 is 6.10 Å². The Kier molecular flexibility index (Phi) is 6.77. The van der Waals surface area contributed by atoms with Crippen molar-refractivity contribution < 1.29 is 13.9 Å². The highest BCUT2D eigenvalue weighted by Crippen LogP contribution is 2.40. The maximum absolute atomic E-state index is 12.5. The van der Waals surface area contributed by atoms with Crippen LogP contribution in [0.25, 0.3) is 0 Å². The zero-order valence-corrected chi connectivity index (χ0v) is 17.9. The number of ether oxygens (including phenoxy) is 1. The van der Waals surface area contributed by atoms with Crippen molar-refractivity contribution in [2.45, 2.75) is 50.0 Å². The average Bonchev–Trinajstić information content (AvgIpc) is 3.49. The molecule has 31 heavy (non-hydrogen) atoms. The second kappa shape index (κ2) is 9.88. The summed E-state index contributed by atoms with van der Waals surface area (Å²) in [5, 5.41) is 11.4. The topological polar surface area (TPSA) is 77.2 Å². The summed E-state index contributed by atoms with van der Waals surface area (Å²) in [5.41, 5.74) is 2.32. The molecule has 1 aromatic heterocycles. The Morgan fingerprint density at radius 2 is 1.74 bits per heavy atom. The van der Waals surface area contributed by atoms with Crippen LogP contribution in [0.2, 0.25) is 0 Å². The lowest BCUT2D eigenvalue weighted by Crippen LogP contribution is -2.39. The fourth-order valence-corrected chi connectivity index (χ4v) is 4.47. The molecule has 0 saturated heterocycles. The normalized spacial score (nSPS) is 16.2. The minimum absolute atomic E-state index is 0.00769. The smallest absolute Gasteiger partial charge is 0.249 e. The molecule has 1 amide bonds. The summed E-state index contributed by atoms with van der Waals surface area (Å²) in [6, 6.07) is 20.3. The van der Waals surface area contributed by atoms with Gasteiger partial charge in [-0.3, -0.25) is 4.79 Å². The van der Waals surface area contributed by atoms with Gasteiger partial charge in [0.2, 0.25) is 17.7 Å². The lowest BCUT2D eigenvalue weighted by atomic mass is 9.79. The van der Waals surface area contributed by atoms with E-state index in [4.69, 9.17) is 9.15 Å². The van der Waals surface area contributed by atoms with E-state index in [-0.39, 0.29) is 11.3 Å². The minimum atomic E-state index is -0.413. The van der Waals surface area contributed by atoms with Gasteiger partial charge in [-0.05, 0) is 24.0 Å². The lowest BCUT2D eigenvalue weighted by Gasteiger charge is -2.30. The predicted octanol–water partition coefficient (Wildman–Crippen LogP) is 4.37. The summed E-state index contributed by atoms with van der Waals surface area (Å²) in [5.74, 6) is 0.855. The van der Waals surface area contributed by atoms with Gasteiger partial charge < -0.3 is 14.5 Å². The lowest BCUT2D eigenvalue weighted by molar-refractivity contribution is -0.121. The molecule has 0 spiro atoms. The first-order valence-electron chi connectivity index (χ1n) is 10.9. The van der Waals surface area contributed by atoms with Gasteiger partial charge in [-0.25, -0.2) is 0 Å². The van der Waals surface area contributed by atoms with Crippen LogP contribution in [0.3, 0.4) is 0 Å². The van der Waals surface area contributed by atoms with E-state index in [9.17, 15) is 4.79 Å². The summed E-state index contributed by atoms with van der Waals surface area (Å²) in [4.78, 5) is 12.5. The van der Waals surface area contributed by atoms with E-state index in [1.54, 1.807) is 7.11 Å². The van der Waals surface area contributed by atoms with Crippen LogP contribution in [0, 0.1) is 0 Å². The highest BCUT2D eigenvalue weighted by Gasteiger charge is 2.35. The predicted molar refractivity (Wildman–Crippen MR) is 118 cm³/mol. The van der Waals surface area contributed by atoms with Gasteiger partial charge in [0.25, 0.3) is 0 Å². The third-order valence-corrected chi connectivity index (χ3v) is 6.18. The van der Waals surface area contributed by atoms with Crippen LogP contribution in [0.4, 0.5) is 0 Å². The number of amides is 1. The number of rotatable bonds is 9. The van der Waals surface area contributed by atoms with Gasteiger partial charge in [0.1, 0.15) is 0 Å². The molecule has 1 heterocycles. The number of aromatic nitrogens is 2. The Labute approximate surface area is 183 Å². The summed E-state index contributed by atoms with van der Waals surface area (Å²) < 4.78 is 11.3. The fourth-order valence-electron chi connectivity index (χ4n) is 4.47. The number of hydrogen-bond donors (Lipinski definition) is 1. The molecule has 4 rings (SSSR count). The average molecular weight is 420 g/mol. The summed E-state index contributed by atoms with van der Waals surface area (Å²) >= 11 is 0. The molecule has 3 aromatic rings. The van der Waals surface area contributed by atoms with E-state index in [0.29, 0.717) is 31.2 Å². The minimum Gasteiger partial charge on any atom is -0.422 e. The number of nitrogens with one attached hydrogen (secondary N) is 1. The number of carbonyl (C=O) groups excluding carboxylic acids is 1. The SMILES string of the molecule is CO[C@@H](c1ccccc1)c1nnc(CCC(=O)NCC2(c3ccccc3)CCCC2)o1. The van der Waals surface area contributed by atoms with Crippen molar-refractivity contribution in [3.05, 3.63) is 83.6 Å². The molecule has 1 aliphatic rings. The first kappa shape index (κ1) is 21.2. The van der Waals surface area contributed by atoms with Gasteiger partial charge in [-0.15, -0.1) is 10.2 Å². The van der Waals surface area contributed by atoms with Crippen LogP contribution < -0.4 is 5.32 Å². The molecule has 1 saturated carbocycles. The monoisotopic (exact) mass is 419 g/mol. The number of nitrogens with zero attached hydrogens (tertiary/aromatic N) is 2. The Balaban J connectivity index is 1.32. The Morgan fingerprint density at radius 1 is 1.06 bits per heavy atom. The van der Waals surface area contributed by atoms with Crippen molar-refractivity contribution in [2.75, 3.05) is 13.7 Å². The first-order valence-corrected chi connectivity index (χ1v) is 10.9. The van der Waals surface area contributed by atoms with Crippen molar-refractivity contribution in [3.8, 4) is 0 Å². The maximum atomic E-state index is 12.5. The van der Waals surface area contributed by atoms with Gasteiger partial charge in [0.15, 0.2) is 6.10 Å². The van der Waals surface area contributed by atoms with Crippen LogP contribution in [0.1, 0.15) is 61.1 Å². The Bertz CT molecular complexity index is 966. The van der Waals surface area contributed by atoms with Crippen molar-refractivity contribution in [1.29, 1.82) is 0 Å². The largest absolute Gasteiger partial charge is 0.422 e. The Morgan fingerprint density at radius 3 is 2.42 bits per heavy atom. The molecule has 0 radical (unpaired) electrons. The van der Waals surface area contributed by atoms with E-state index in [1.165, 1.54) is 18.4 Å². The van der Waals surface area contributed by atoms with Crippen LogP contribution in [0.15, 0.2) is 65.1 Å². The first-order chi connectivity index (χ1) is 15.2. The molecule has 0 aliphatic heterocycles. The third-order valence-electron chi connectivity index (χ3n) is 6.18. The molecule has 6 nitrogen and oxygen atoms in total. The second-order valence-electron chi connectivity index (χ2n) is 8.19. The number of benzene rings is 2. The van der Waals surface area contributed by atoms with Crippen molar-refractivity contribution in [2.24, 2.45) is 0 Å². The second-order valence-corrected chi connectivity index (χ2v) is 8.19. The van der Waals surface area contributed by atoms with E-state index in [2.05, 4.69) is 39.8 Å². The van der Waals surface area contributed by atoms with Gasteiger partial charge in [-0.1, -0.05) is 73.5 Å². The highest BCUT2D eigenvalue weighted by atomic mass is 16.5. The summed E-state index contributed by atoms with van der Waals surface area (Å²) in [6.07, 6.45) is 4.95. The van der Waals surface area contributed by atoms with Gasteiger partial charge in [-0.2, -0.15) is 0 Å². The number of hydrogen-bond acceptors (Lipinski definition) is 5. The van der Waals surface area contributed by atoms with Crippen LogP contribution in [0.5, 0.6) is 0 Å². The van der Waals surface area contributed by atoms with Crippen LogP contribution in [-0.4, -0.2) is 29.8 Å². The molecule has 162 valence electrons. The van der Waals surface area contributed by atoms with Gasteiger partial charge in [0.05, 0.1) is 0 Å². The molecular weight excluding hydrogens is 390 g/mol. The van der Waals surface area contributed by atoms with Crippen LogP contribution in [-0.2, 0) is 21.4 Å². The third kappa shape index (κ3) is 5.02. The molecule has 1 aliphatic carbocycles. The van der Waals surface area contributed by atoms with Crippen molar-refractivity contribution in [1.82, 2.24) is 15.5 Å². The molecule has 1 fully saturated rings. The zero-order valence-electron chi connectivity index (χ0n) is 17.9. The van der Waals surface area contributed by atoms with E-state index in [0.717, 1.165) is 18.4 Å². The standard InChI is InChI=1S/C25H29N3O3/c1-30-23(19-10-4-2-5-11-19)24-28-27-22(31-24)15-14-21(29)26-18-25(16-8-9-17-25)20-12-6-3-7-13-20/h2-7,10-13,23H,8-9,14-18H2,1H3,(H,26,29)/t23-/m0/s1. The molecule has 1 N–H and O–H groups in total. The highest BCUT2D eigenvalue weighted by molar-refractivity contribution is 5.76. The number of carbonyl (C=O) groups is 1. The number of aryl methyl sites for hydroxylation is 1. The van der Waals surface area contributed by atoms with E-state index in [1.807, 2.05) is 36.4 Å². The van der Waals surface area contributed by atoms with Crippen molar-refractivity contribution >= 4 is 5.91 Å². The summed E-state index contributed by atoms with van der Waals surface area (Å²) in [7, 11) is 1.61. The fraction of sp³-hybridized carbons (Fsp3) is 0.400. The Hall–Kier alpha value is -2.99. The number of methoxy groups -OCH3 is 1. The van der Waals surface area contributed by atoms with Crippen LogP contribution >= 0.6 is 0 Å². The zero-order chi connectivity index (χ0) is 21.5. The van der Waals surface area contributed by atoms with Gasteiger partial charge >= 0.3 is 0 Å². The maximum Gasteiger partial charge on any atom is 0.249 e. The van der Waals surface area contributed by atoms with E-state index >= 15 is 0 Å². The molecule has 6 heteroatoms. The molecule has 0 bridgehead atoms. The molecule has 2 aromatic carbocycles. The summed E-state index contributed by atoms with van der Waals surface area (Å²) in [6.45, 7) is 0.671. The molecule has 0 unspecified atom stereocenters.